The van der Waals surface area contributed by atoms with Crippen LogP contribution in [-0.4, -0.2) is 62.5 Å². The van der Waals surface area contributed by atoms with E-state index in [1.54, 1.807) is 0 Å². The highest BCUT2D eigenvalue weighted by Crippen LogP contribution is 2.41. The van der Waals surface area contributed by atoms with Gasteiger partial charge in [-0.05, 0) is 37.5 Å². The third-order valence-electron chi connectivity index (χ3n) is 6.06. The first-order chi connectivity index (χ1) is 10.7. The summed E-state index contributed by atoms with van der Waals surface area (Å²) in [5.41, 5.74) is 0.645. The lowest BCUT2D eigenvalue weighted by atomic mass is 9.83. The maximum atomic E-state index is 9.38. The van der Waals surface area contributed by atoms with Gasteiger partial charge in [0.2, 0.25) is 0 Å². The summed E-state index contributed by atoms with van der Waals surface area (Å²) in [5, 5.41) is 13.0. The molecule has 0 radical (unpaired) electrons. The van der Waals surface area contributed by atoms with Crippen LogP contribution in [0.4, 0.5) is 0 Å². The molecule has 0 aromatic heterocycles. The van der Waals surface area contributed by atoms with Gasteiger partial charge in [0, 0.05) is 45.3 Å². The van der Waals surface area contributed by atoms with Crippen molar-refractivity contribution in [3.63, 3.8) is 0 Å². The van der Waals surface area contributed by atoms with E-state index < -0.39 is 0 Å². The van der Waals surface area contributed by atoms with Gasteiger partial charge in [-0.15, -0.1) is 0 Å². The molecule has 2 saturated heterocycles. The van der Waals surface area contributed by atoms with E-state index in [1.165, 1.54) is 38.5 Å². The molecule has 5 heteroatoms. The lowest BCUT2D eigenvalue weighted by Crippen LogP contribution is -2.45. The van der Waals surface area contributed by atoms with Crippen LogP contribution in [0.1, 0.15) is 44.9 Å². The summed E-state index contributed by atoms with van der Waals surface area (Å²) in [4.78, 5) is 6.90. The standard InChI is InChI=1S/C17H31N3O2/c1-18-15(19-12-16(7-10-21)4-2-3-5-16)20-9-6-17(13-20)8-11-22-14-17/h21H,2-14H2,1H3,(H,18,19). The number of hydrogen-bond donors (Lipinski definition) is 2. The van der Waals surface area contributed by atoms with E-state index >= 15 is 0 Å². The van der Waals surface area contributed by atoms with Crippen LogP contribution in [-0.2, 0) is 4.74 Å². The van der Waals surface area contributed by atoms with Crippen molar-refractivity contribution in [3.05, 3.63) is 0 Å². The van der Waals surface area contributed by atoms with Gasteiger partial charge in [-0.2, -0.15) is 0 Å². The molecule has 1 spiro atoms. The highest BCUT2D eigenvalue weighted by atomic mass is 16.5. The Morgan fingerprint density at radius 3 is 2.73 bits per heavy atom. The molecule has 1 saturated carbocycles. The second kappa shape index (κ2) is 6.75. The lowest BCUT2D eigenvalue weighted by molar-refractivity contribution is 0.156. The number of nitrogens with one attached hydrogen (secondary N) is 1. The first-order valence-electron chi connectivity index (χ1n) is 8.85. The van der Waals surface area contributed by atoms with E-state index in [2.05, 4.69) is 15.2 Å². The quantitative estimate of drug-likeness (QED) is 0.612. The van der Waals surface area contributed by atoms with E-state index in [9.17, 15) is 5.11 Å². The second-order valence-corrected chi connectivity index (χ2v) is 7.56. The van der Waals surface area contributed by atoms with Crippen molar-refractivity contribution in [2.24, 2.45) is 15.8 Å². The Balaban J connectivity index is 1.56. The van der Waals surface area contributed by atoms with Crippen molar-refractivity contribution in [1.82, 2.24) is 10.2 Å². The Kier molecular flexibility index (Phi) is 4.93. The molecule has 1 aliphatic carbocycles. The van der Waals surface area contributed by atoms with Crippen LogP contribution in [0.15, 0.2) is 4.99 Å². The molecule has 3 aliphatic rings. The average Bonchev–Trinajstić information content (AvgIpc) is 3.25. The molecule has 5 nitrogen and oxygen atoms in total. The van der Waals surface area contributed by atoms with Crippen molar-refractivity contribution < 1.29 is 9.84 Å². The Hall–Kier alpha value is -0.810. The molecule has 126 valence electrons. The molecule has 3 rings (SSSR count). The fourth-order valence-electron chi connectivity index (χ4n) is 4.56. The number of aliphatic hydroxyl groups is 1. The Morgan fingerprint density at radius 2 is 2.09 bits per heavy atom. The molecule has 3 fully saturated rings. The van der Waals surface area contributed by atoms with Crippen LogP contribution < -0.4 is 5.32 Å². The van der Waals surface area contributed by atoms with Crippen LogP contribution in [0.2, 0.25) is 0 Å². The molecule has 2 aliphatic heterocycles. The fourth-order valence-corrected chi connectivity index (χ4v) is 4.56. The smallest absolute Gasteiger partial charge is 0.193 e. The maximum Gasteiger partial charge on any atom is 0.193 e. The van der Waals surface area contributed by atoms with E-state index in [0.29, 0.717) is 12.0 Å². The Bertz CT molecular complexity index is 399. The summed E-state index contributed by atoms with van der Waals surface area (Å²) in [7, 11) is 1.88. The first kappa shape index (κ1) is 16.1. The van der Waals surface area contributed by atoms with Crippen LogP contribution in [0.25, 0.3) is 0 Å². The van der Waals surface area contributed by atoms with Gasteiger partial charge in [0.1, 0.15) is 0 Å². The summed E-state index contributed by atoms with van der Waals surface area (Å²) in [6.45, 7) is 5.22. The normalized spacial score (nSPS) is 31.4. The molecule has 2 heterocycles. The van der Waals surface area contributed by atoms with Gasteiger partial charge in [-0.1, -0.05) is 12.8 Å². The summed E-state index contributed by atoms with van der Waals surface area (Å²) in [6, 6.07) is 0. The minimum Gasteiger partial charge on any atom is -0.396 e. The zero-order valence-electron chi connectivity index (χ0n) is 13.9. The lowest BCUT2D eigenvalue weighted by Gasteiger charge is -2.31. The van der Waals surface area contributed by atoms with Gasteiger partial charge in [0.05, 0.1) is 6.61 Å². The average molecular weight is 309 g/mol. The molecule has 1 unspecified atom stereocenters. The van der Waals surface area contributed by atoms with Gasteiger partial charge >= 0.3 is 0 Å². The van der Waals surface area contributed by atoms with E-state index in [4.69, 9.17) is 4.74 Å². The number of rotatable bonds is 4. The van der Waals surface area contributed by atoms with Crippen molar-refractivity contribution in [1.29, 1.82) is 0 Å². The molecule has 0 amide bonds. The number of aliphatic hydroxyl groups excluding tert-OH is 1. The van der Waals surface area contributed by atoms with Crippen LogP contribution in [0, 0.1) is 10.8 Å². The van der Waals surface area contributed by atoms with E-state index in [-0.39, 0.29) is 5.41 Å². The maximum absolute atomic E-state index is 9.38. The van der Waals surface area contributed by atoms with Gasteiger partial charge in [0.15, 0.2) is 5.96 Å². The molecule has 0 aromatic rings. The summed E-state index contributed by atoms with van der Waals surface area (Å²) in [5.74, 6) is 1.04. The Labute approximate surface area is 134 Å². The number of likely N-dealkylation sites (tertiary alicyclic amines) is 1. The predicted octanol–water partition coefficient (Wildman–Crippen LogP) is 1.62. The molecule has 1 atom stereocenters. The minimum atomic E-state index is 0.276. The van der Waals surface area contributed by atoms with Gasteiger partial charge in [-0.25, -0.2) is 0 Å². The van der Waals surface area contributed by atoms with Gasteiger partial charge in [0.25, 0.3) is 0 Å². The summed E-state index contributed by atoms with van der Waals surface area (Å²) in [6.07, 6.45) is 8.37. The molecule has 0 aromatic carbocycles. The first-order valence-corrected chi connectivity index (χ1v) is 8.85. The largest absolute Gasteiger partial charge is 0.396 e. The molecule has 0 bridgehead atoms. The molecule has 22 heavy (non-hydrogen) atoms. The van der Waals surface area contributed by atoms with Crippen molar-refractivity contribution in [3.8, 4) is 0 Å². The third kappa shape index (κ3) is 3.25. The van der Waals surface area contributed by atoms with Gasteiger partial charge in [-0.3, -0.25) is 4.99 Å². The monoisotopic (exact) mass is 309 g/mol. The number of hydrogen-bond acceptors (Lipinski definition) is 3. The fraction of sp³-hybridized carbons (Fsp3) is 0.941. The number of ether oxygens (including phenoxy) is 1. The topological polar surface area (TPSA) is 57.1 Å². The number of nitrogens with zero attached hydrogens (tertiary/aromatic N) is 2. The molecule has 2 N–H and O–H groups in total. The van der Waals surface area contributed by atoms with Crippen LogP contribution in [0.3, 0.4) is 0 Å². The SMILES string of the molecule is CN=C(NCC1(CCO)CCCC1)N1CCC2(CCOC2)C1. The van der Waals surface area contributed by atoms with Crippen molar-refractivity contribution in [2.75, 3.05) is 46.5 Å². The Morgan fingerprint density at radius 1 is 1.27 bits per heavy atom. The van der Waals surface area contributed by atoms with Gasteiger partial charge < -0.3 is 20.1 Å². The summed E-state index contributed by atoms with van der Waals surface area (Å²) >= 11 is 0. The predicted molar refractivity (Wildman–Crippen MR) is 88.0 cm³/mol. The van der Waals surface area contributed by atoms with Crippen molar-refractivity contribution in [2.45, 2.75) is 44.9 Å². The van der Waals surface area contributed by atoms with E-state index in [0.717, 1.165) is 45.2 Å². The van der Waals surface area contributed by atoms with Crippen LogP contribution >= 0.6 is 0 Å². The van der Waals surface area contributed by atoms with E-state index in [1.807, 2.05) is 7.05 Å². The second-order valence-electron chi connectivity index (χ2n) is 7.56. The summed E-state index contributed by atoms with van der Waals surface area (Å²) < 4.78 is 5.62. The highest BCUT2D eigenvalue weighted by molar-refractivity contribution is 5.80. The number of aliphatic imine (C=N–C) groups is 1. The zero-order chi connectivity index (χ0) is 15.5. The highest BCUT2D eigenvalue weighted by Gasteiger charge is 2.42. The molecular formula is C17H31N3O2. The number of guanidine groups is 1. The third-order valence-corrected chi connectivity index (χ3v) is 6.06. The van der Waals surface area contributed by atoms with Crippen LogP contribution in [0.5, 0.6) is 0 Å². The minimum absolute atomic E-state index is 0.276. The molecular weight excluding hydrogens is 278 g/mol. The zero-order valence-corrected chi connectivity index (χ0v) is 13.9. The van der Waals surface area contributed by atoms with Crippen molar-refractivity contribution >= 4 is 5.96 Å².